The first-order chi connectivity index (χ1) is 8.52. The Kier molecular flexibility index (Phi) is 5.65. The molecule has 1 rings (SSSR count). The van der Waals surface area contributed by atoms with Crippen LogP contribution in [-0.2, 0) is 9.59 Å². The van der Waals surface area contributed by atoms with Gasteiger partial charge in [-0.05, 0) is 30.7 Å². The van der Waals surface area contributed by atoms with Crippen LogP contribution in [0, 0.1) is 5.92 Å². The van der Waals surface area contributed by atoms with E-state index >= 15 is 0 Å². The highest BCUT2D eigenvalue weighted by atomic mass is 35.5. The molecule has 1 aromatic carbocycles. The van der Waals surface area contributed by atoms with Crippen molar-refractivity contribution in [2.45, 2.75) is 26.2 Å². The van der Waals surface area contributed by atoms with Gasteiger partial charge >= 0.3 is 5.97 Å². The minimum absolute atomic E-state index is 0.146. The number of carbonyl (C=O) groups is 2. The second-order valence-corrected chi connectivity index (χ2v) is 4.52. The molecule has 5 heteroatoms. The fraction of sp³-hybridized carbons (Fsp3) is 0.385. The summed E-state index contributed by atoms with van der Waals surface area (Å²) in [5.41, 5.74) is 0.621. The molecular weight excluding hydrogens is 254 g/mol. The van der Waals surface area contributed by atoms with Crippen LogP contribution in [0.15, 0.2) is 24.3 Å². The molecule has 0 spiro atoms. The maximum atomic E-state index is 11.9. The molecule has 0 aliphatic carbocycles. The molecule has 0 heterocycles. The van der Waals surface area contributed by atoms with Gasteiger partial charge in [-0.2, -0.15) is 0 Å². The topological polar surface area (TPSA) is 66.4 Å². The van der Waals surface area contributed by atoms with Gasteiger partial charge < -0.3 is 10.4 Å². The lowest BCUT2D eigenvalue weighted by Crippen LogP contribution is -2.25. The van der Waals surface area contributed by atoms with E-state index < -0.39 is 11.9 Å². The standard InChI is InChI=1S/C13H16ClNO3/c1-2-3-9(8-12(16)17)13(18)15-11-6-4-10(14)5-7-11/h4-7,9H,2-3,8H2,1H3,(H,15,18)(H,16,17). The van der Waals surface area contributed by atoms with Gasteiger partial charge in [-0.25, -0.2) is 0 Å². The van der Waals surface area contributed by atoms with E-state index in [0.29, 0.717) is 17.1 Å². The van der Waals surface area contributed by atoms with Crippen LogP contribution in [0.1, 0.15) is 26.2 Å². The van der Waals surface area contributed by atoms with Gasteiger partial charge in [0.15, 0.2) is 0 Å². The monoisotopic (exact) mass is 269 g/mol. The summed E-state index contributed by atoms with van der Waals surface area (Å²) >= 11 is 5.74. The zero-order chi connectivity index (χ0) is 13.5. The number of benzene rings is 1. The number of carboxylic acids is 1. The number of halogens is 1. The average Bonchev–Trinajstić information content (AvgIpc) is 2.31. The fourth-order valence-corrected chi connectivity index (χ4v) is 1.79. The van der Waals surface area contributed by atoms with E-state index in [0.717, 1.165) is 6.42 Å². The number of rotatable bonds is 6. The summed E-state index contributed by atoms with van der Waals surface area (Å²) in [6.07, 6.45) is 1.19. The second kappa shape index (κ2) is 7.01. The summed E-state index contributed by atoms with van der Waals surface area (Å²) in [4.78, 5) is 22.6. The minimum atomic E-state index is -0.959. The molecule has 0 bridgehead atoms. The Hall–Kier alpha value is -1.55. The third-order valence-electron chi connectivity index (χ3n) is 2.54. The van der Waals surface area contributed by atoms with Gasteiger partial charge in [0.1, 0.15) is 0 Å². The lowest BCUT2D eigenvalue weighted by molar-refractivity contribution is -0.140. The number of carboxylic acid groups (broad SMARTS) is 1. The maximum absolute atomic E-state index is 11.9. The lowest BCUT2D eigenvalue weighted by atomic mass is 9.99. The van der Waals surface area contributed by atoms with Gasteiger partial charge in [0.2, 0.25) is 5.91 Å². The van der Waals surface area contributed by atoms with Gasteiger partial charge in [-0.1, -0.05) is 24.9 Å². The number of nitrogens with one attached hydrogen (secondary N) is 1. The Balaban J connectivity index is 2.65. The van der Waals surface area contributed by atoms with Gasteiger partial charge in [-0.3, -0.25) is 9.59 Å². The predicted molar refractivity (Wildman–Crippen MR) is 70.7 cm³/mol. The second-order valence-electron chi connectivity index (χ2n) is 4.08. The van der Waals surface area contributed by atoms with Crippen molar-refractivity contribution in [1.29, 1.82) is 0 Å². The van der Waals surface area contributed by atoms with E-state index in [-0.39, 0.29) is 12.3 Å². The zero-order valence-corrected chi connectivity index (χ0v) is 10.9. The normalized spacial score (nSPS) is 11.9. The van der Waals surface area contributed by atoms with Crippen molar-refractivity contribution < 1.29 is 14.7 Å². The van der Waals surface area contributed by atoms with Gasteiger partial charge in [-0.15, -0.1) is 0 Å². The molecule has 98 valence electrons. The van der Waals surface area contributed by atoms with Gasteiger partial charge in [0.25, 0.3) is 0 Å². The first-order valence-electron chi connectivity index (χ1n) is 5.81. The van der Waals surface area contributed by atoms with Crippen molar-refractivity contribution in [1.82, 2.24) is 0 Å². The van der Waals surface area contributed by atoms with Crippen molar-refractivity contribution >= 4 is 29.2 Å². The molecule has 0 aliphatic rings. The molecule has 18 heavy (non-hydrogen) atoms. The van der Waals surface area contributed by atoms with E-state index in [1.807, 2.05) is 6.92 Å². The Morgan fingerprint density at radius 3 is 2.44 bits per heavy atom. The molecular formula is C13H16ClNO3. The minimum Gasteiger partial charge on any atom is -0.481 e. The number of anilines is 1. The lowest BCUT2D eigenvalue weighted by Gasteiger charge is -2.14. The van der Waals surface area contributed by atoms with E-state index in [4.69, 9.17) is 16.7 Å². The molecule has 0 aliphatic heterocycles. The Morgan fingerprint density at radius 1 is 1.33 bits per heavy atom. The summed E-state index contributed by atoms with van der Waals surface area (Å²) in [6.45, 7) is 1.92. The van der Waals surface area contributed by atoms with E-state index in [9.17, 15) is 9.59 Å². The smallest absolute Gasteiger partial charge is 0.304 e. The molecule has 2 N–H and O–H groups in total. The molecule has 0 aromatic heterocycles. The zero-order valence-electron chi connectivity index (χ0n) is 10.1. The highest BCUT2D eigenvalue weighted by Gasteiger charge is 2.20. The highest BCUT2D eigenvalue weighted by Crippen LogP contribution is 2.17. The van der Waals surface area contributed by atoms with E-state index in [1.165, 1.54) is 0 Å². The molecule has 0 saturated carbocycles. The van der Waals surface area contributed by atoms with Crippen LogP contribution < -0.4 is 5.32 Å². The molecule has 4 nitrogen and oxygen atoms in total. The number of aliphatic carboxylic acids is 1. The molecule has 1 unspecified atom stereocenters. The number of carbonyl (C=O) groups excluding carboxylic acids is 1. The van der Waals surface area contributed by atoms with E-state index in [1.54, 1.807) is 24.3 Å². The largest absolute Gasteiger partial charge is 0.481 e. The van der Waals surface area contributed by atoms with Crippen LogP contribution in [0.5, 0.6) is 0 Å². The summed E-state index contributed by atoms with van der Waals surface area (Å²) in [5, 5.41) is 12.0. The van der Waals surface area contributed by atoms with Crippen LogP contribution in [-0.4, -0.2) is 17.0 Å². The Bertz CT molecular complexity index is 417. The first-order valence-corrected chi connectivity index (χ1v) is 6.19. The summed E-state index contributed by atoms with van der Waals surface area (Å²) in [7, 11) is 0. The fourth-order valence-electron chi connectivity index (χ4n) is 1.66. The number of amides is 1. The summed E-state index contributed by atoms with van der Waals surface area (Å²) in [5.74, 6) is -1.72. The van der Waals surface area contributed by atoms with Crippen LogP contribution in [0.2, 0.25) is 5.02 Å². The number of hydrogen-bond acceptors (Lipinski definition) is 2. The van der Waals surface area contributed by atoms with Crippen LogP contribution in [0.25, 0.3) is 0 Å². The molecule has 0 fully saturated rings. The summed E-state index contributed by atoms with van der Waals surface area (Å²) in [6, 6.07) is 6.71. The molecule has 1 aromatic rings. The van der Waals surface area contributed by atoms with Gasteiger partial charge in [0, 0.05) is 16.6 Å². The quantitative estimate of drug-likeness (QED) is 0.834. The first kappa shape index (κ1) is 14.5. The van der Waals surface area contributed by atoms with Crippen LogP contribution >= 0.6 is 11.6 Å². The summed E-state index contributed by atoms with van der Waals surface area (Å²) < 4.78 is 0. The maximum Gasteiger partial charge on any atom is 0.304 e. The third kappa shape index (κ3) is 4.75. The van der Waals surface area contributed by atoms with Gasteiger partial charge in [0.05, 0.1) is 6.42 Å². The molecule has 0 saturated heterocycles. The van der Waals surface area contributed by atoms with Crippen molar-refractivity contribution in [2.24, 2.45) is 5.92 Å². The van der Waals surface area contributed by atoms with Crippen molar-refractivity contribution in [3.63, 3.8) is 0 Å². The molecule has 0 radical (unpaired) electrons. The van der Waals surface area contributed by atoms with Crippen LogP contribution in [0.4, 0.5) is 5.69 Å². The third-order valence-corrected chi connectivity index (χ3v) is 2.79. The van der Waals surface area contributed by atoms with Crippen molar-refractivity contribution in [2.75, 3.05) is 5.32 Å². The molecule has 1 atom stereocenters. The highest BCUT2D eigenvalue weighted by molar-refractivity contribution is 6.30. The van der Waals surface area contributed by atoms with E-state index in [2.05, 4.69) is 5.32 Å². The van der Waals surface area contributed by atoms with Crippen molar-refractivity contribution in [3.8, 4) is 0 Å². The SMILES string of the molecule is CCCC(CC(=O)O)C(=O)Nc1ccc(Cl)cc1. The Labute approximate surface area is 111 Å². The predicted octanol–water partition coefficient (Wildman–Crippen LogP) is 3.17. The average molecular weight is 270 g/mol. The molecule has 1 amide bonds. The number of hydrogen-bond donors (Lipinski definition) is 2. The van der Waals surface area contributed by atoms with Crippen molar-refractivity contribution in [3.05, 3.63) is 29.3 Å². The van der Waals surface area contributed by atoms with Crippen LogP contribution in [0.3, 0.4) is 0 Å². The Morgan fingerprint density at radius 2 is 1.94 bits per heavy atom.